The first kappa shape index (κ1) is 10.4. The van der Waals surface area contributed by atoms with E-state index >= 15 is 0 Å². The Morgan fingerprint density at radius 1 is 1.40 bits per heavy atom. The highest BCUT2D eigenvalue weighted by Crippen LogP contribution is 2.28. The first-order valence-corrected chi connectivity index (χ1v) is 6.00. The Balaban J connectivity index is 2.29. The molecule has 0 unspecified atom stereocenters. The third-order valence-electron chi connectivity index (χ3n) is 2.04. The van der Waals surface area contributed by atoms with Crippen molar-refractivity contribution >= 4 is 10.0 Å². The molecule has 0 atom stereocenters. The van der Waals surface area contributed by atoms with Crippen LogP contribution in [-0.2, 0) is 10.0 Å². The highest BCUT2D eigenvalue weighted by atomic mass is 32.2. The zero-order valence-electron chi connectivity index (χ0n) is 7.81. The third kappa shape index (κ3) is 2.45. The van der Waals surface area contributed by atoms with Crippen LogP contribution in [0.2, 0.25) is 0 Å². The molecule has 6 heteroatoms. The lowest BCUT2D eigenvalue weighted by atomic mass is 10.3. The molecule has 1 aliphatic rings. The van der Waals surface area contributed by atoms with Crippen LogP contribution in [0.25, 0.3) is 0 Å². The van der Waals surface area contributed by atoms with Crippen molar-refractivity contribution in [3.8, 4) is 5.75 Å². The van der Waals surface area contributed by atoms with E-state index in [-0.39, 0.29) is 6.10 Å². The van der Waals surface area contributed by atoms with Crippen molar-refractivity contribution in [1.82, 2.24) is 0 Å². The molecule has 1 aliphatic carbocycles. The Kier molecular flexibility index (Phi) is 2.40. The average Bonchev–Trinajstić information content (AvgIpc) is 2.85. The highest BCUT2D eigenvalue weighted by Gasteiger charge is 2.24. The summed E-state index contributed by atoms with van der Waals surface area (Å²) in [5.41, 5.74) is 0. The predicted molar refractivity (Wildman–Crippen MR) is 51.4 cm³/mol. The fourth-order valence-electron chi connectivity index (χ4n) is 1.16. The molecule has 4 nitrogen and oxygen atoms in total. The van der Waals surface area contributed by atoms with Crippen molar-refractivity contribution in [3.63, 3.8) is 0 Å². The molecule has 1 aromatic rings. The maximum atomic E-state index is 13.3. The maximum Gasteiger partial charge on any atom is 0.240 e. The SMILES string of the molecule is NS(=O)(=O)c1ccc(OC2CC2)cc1F. The number of primary sulfonamides is 1. The van der Waals surface area contributed by atoms with Crippen LogP contribution in [0.5, 0.6) is 5.75 Å². The van der Waals surface area contributed by atoms with Crippen LogP contribution in [0.3, 0.4) is 0 Å². The van der Waals surface area contributed by atoms with E-state index in [1.165, 1.54) is 6.07 Å². The van der Waals surface area contributed by atoms with Crippen LogP contribution >= 0.6 is 0 Å². The van der Waals surface area contributed by atoms with E-state index in [4.69, 9.17) is 9.88 Å². The van der Waals surface area contributed by atoms with Gasteiger partial charge in [-0.2, -0.15) is 0 Å². The second-order valence-electron chi connectivity index (χ2n) is 3.45. The van der Waals surface area contributed by atoms with Crippen molar-refractivity contribution in [2.24, 2.45) is 5.14 Å². The van der Waals surface area contributed by atoms with Gasteiger partial charge in [0.15, 0.2) is 0 Å². The third-order valence-corrected chi connectivity index (χ3v) is 2.98. The van der Waals surface area contributed by atoms with Gasteiger partial charge in [-0.3, -0.25) is 0 Å². The van der Waals surface area contributed by atoms with E-state index in [9.17, 15) is 12.8 Å². The quantitative estimate of drug-likeness (QED) is 0.844. The Labute approximate surface area is 86.9 Å². The highest BCUT2D eigenvalue weighted by molar-refractivity contribution is 7.89. The maximum absolute atomic E-state index is 13.3. The Hall–Kier alpha value is -1.14. The summed E-state index contributed by atoms with van der Waals surface area (Å²) in [4.78, 5) is -0.509. The lowest BCUT2D eigenvalue weighted by molar-refractivity contribution is 0.301. The van der Waals surface area contributed by atoms with E-state index in [0.717, 1.165) is 25.0 Å². The number of halogens is 1. The van der Waals surface area contributed by atoms with Crippen LogP contribution in [0.4, 0.5) is 4.39 Å². The summed E-state index contributed by atoms with van der Waals surface area (Å²) in [6.07, 6.45) is 2.06. The molecule has 0 saturated heterocycles. The molecule has 0 spiro atoms. The molecule has 2 rings (SSSR count). The molecule has 0 radical (unpaired) electrons. The summed E-state index contributed by atoms with van der Waals surface area (Å²) >= 11 is 0. The van der Waals surface area contributed by atoms with Crippen LogP contribution in [0.1, 0.15) is 12.8 Å². The van der Waals surface area contributed by atoms with Crippen molar-refractivity contribution in [1.29, 1.82) is 0 Å². The minimum absolute atomic E-state index is 0.143. The standard InChI is InChI=1S/C9H10FNO3S/c10-8-5-7(14-6-1-2-6)3-4-9(8)15(11,12)13/h3-6H,1-2H2,(H2,11,12,13). The molecule has 15 heavy (non-hydrogen) atoms. The molecule has 0 bridgehead atoms. The van der Waals surface area contributed by atoms with Crippen molar-refractivity contribution < 1.29 is 17.5 Å². The minimum Gasteiger partial charge on any atom is -0.490 e. The zero-order valence-corrected chi connectivity index (χ0v) is 8.63. The topological polar surface area (TPSA) is 69.4 Å². The molecule has 0 aromatic heterocycles. The second-order valence-corrected chi connectivity index (χ2v) is 4.98. The second kappa shape index (κ2) is 3.46. The summed E-state index contributed by atoms with van der Waals surface area (Å²) in [6, 6.07) is 3.56. The molecule has 1 saturated carbocycles. The normalized spacial score (nSPS) is 16.4. The van der Waals surface area contributed by atoms with Crippen LogP contribution in [-0.4, -0.2) is 14.5 Å². The molecular formula is C9H10FNO3S. The molecular weight excluding hydrogens is 221 g/mol. The summed E-state index contributed by atoms with van der Waals surface area (Å²) in [5.74, 6) is -0.543. The number of rotatable bonds is 3. The Morgan fingerprint density at radius 3 is 2.53 bits per heavy atom. The lowest BCUT2D eigenvalue weighted by Gasteiger charge is -2.05. The van der Waals surface area contributed by atoms with Gasteiger partial charge in [0.05, 0.1) is 6.10 Å². The fraction of sp³-hybridized carbons (Fsp3) is 0.333. The van der Waals surface area contributed by atoms with E-state index in [0.29, 0.717) is 5.75 Å². The van der Waals surface area contributed by atoms with Gasteiger partial charge in [-0.25, -0.2) is 17.9 Å². The molecule has 0 heterocycles. The largest absolute Gasteiger partial charge is 0.490 e. The Morgan fingerprint density at radius 2 is 2.07 bits per heavy atom. The molecule has 0 amide bonds. The van der Waals surface area contributed by atoms with Crippen LogP contribution in [0, 0.1) is 5.82 Å². The molecule has 0 aliphatic heterocycles. The van der Waals surface area contributed by atoms with Gasteiger partial charge in [-0.15, -0.1) is 0 Å². The molecule has 1 aromatic carbocycles. The van der Waals surface area contributed by atoms with E-state index in [1.807, 2.05) is 0 Å². The minimum atomic E-state index is -3.99. The van der Waals surface area contributed by atoms with Crippen LogP contribution in [0.15, 0.2) is 23.1 Å². The summed E-state index contributed by atoms with van der Waals surface area (Å²) in [7, 11) is -3.99. The average molecular weight is 231 g/mol. The van der Waals surface area contributed by atoms with Gasteiger partial charge in [-0.1, -0.05) is 0 Å². The summed E-state index contributed by atoms with van der Waals surface area (Å²) in [6.45, 7) is 0. The number of sulfonamides is 1. The van der Waals surface area contributed by atoms with Crippen molar-refractivity contribution in [2.45, 2.75) is 23.8 Å². The van der Waals surface area contributed by atoms with Gasteiger partial charge in [-0.05, 0) is 25.0 Å². The van der Waals surface area contributed by atoms with Gasteiger partial charge in [0.25, 0.3) is 0 Å². The fourth-order valence-corrected chi connectivity index (χ4v) is 1.75. The van der Waals surface area contributed by atoms with E-state index in [2.05, 4.69) is 0 Å². The van der Waals surface area contributed by atoms with Crippen molar-refractivity contribution in [2.75, 3.05) is 0 Å². The zero-order chi connectivity index (χ0) is 11.1. The van der Waals surface area contributed by atoms with Crippen molar-refractivity contribution in [3.05, 3.63) is 24.0 Å². The van der Waals surface area contributed by atoms with Gasteiger partial charge in [0, 0.05) is 6.07 Å². The van der Waals surface area contributed by atoms with Crippen LogP contribution < -0.4 is 9.88 Å². The monoisotopic (exact) mass is 231 g/mol. The van der Waals surface area contributed by atoms with Gasteiger partial charge < -0.3 is 4.74 Å². The summed E-state index contributed by atoms with van der Waals surface area (Å²) in [5, 5.41) is 4.81. The van der Waals surface area contributed by atoms with E-state index in [1.54, 1.807) is 0 Å². The molecule has 82 valence electrons. The van der Waals surface area contributed by atoms with E-state index < -0.39 is 20.7 Å². The Bertz CT molecular complexity index is 482. The first-order valence-electron chi connectivity index (χ1n) is 4.46. The number of nitrogens with two attached hydrogens (primary N) is 1. The molecule has 2 N–H and O–H groups in total. The van der Waals surface area contributed by atoms with Gasteiger partial charge in [0.2, 0.25) is 10.0 Å². The van der Waals surface area contributed by atoms with Gasteiger partial charge >= 0.3 is 0 Å². The van der Waals surface area contributed by atoms with Gasteiger partial charge in [0.1, 0.15) is 16.5 Å². The molecule has 1 fully saturated rings. The smallest absolute Gasteiger partial charge is 0.240 e. The predicted octanol–water partition coefficient (Wildman–Crippen LogP) is 1.01. The number of benzene rings is 1. The summed E-state index contributed by atoms with van der Waals surface area (Å²) < 4.78 is 40.4. The number of hydrogen-bond donors (Lipinski definition) is 1. The number of ether oxygens (including phenoxy) is 1. The first-order chi connectivity index (χ1) is 6.97. The lowest BCUT2D eigenvalue weighted by Crippen LogP contribution is -2.14. The number of hydrogen-bond acceptors (Lipinski definition) is 3.